The highest BCUT2D eigenvalue weighted by Gasteiger charge is 2.34. The zero-order valence-electron chi connectivity index (χ0n) is 18.7. The zero-order valence-corrected chi connectivity index (χ0v) is 18.7. The highest BCUT2D eigenvalue weighted by atomic mass is 16.5. The lowest BCUT2D eigenvalue weighted by molar-refractivity contribution is -0.132. The Morgan fingerprint density at radius 3 is 2.10 bits per heavy atom. The molecular weight excluding hydrogens is 380 g/mol. The molecule has 0 saturated heterocycles. The highest BCUT2D eigenvalue weighted by molar-refractivity contribution is 5.96. The summed E-state index contributed by atoms with van der Waals surface area (Å²) in [6, 6.07) is 3.71. The largest absolute Gasteiger partial charge is 0.426 e. The number of unbranched alkanes of at least 4 members (excludes halogenated alkanes) is 2. The minimum absolute atomic E-state index is 0.0681. The van der Waals surface area contributed by atoms with Gasteiger partial charge in [0.25, 0.3) is 0 Å². The monoisotopic (exact) mass is 412 g/mol. The quantitative estimate of drug-likeness (QED) is 0.245. The molecule has 0 aliphatic heterocycles. The third kappa shape index (κ3) is 5.91. The average Bonchev–Trinajstić information content (AvgIpc) is 2.63. The Morgan fingerprint density at radius 2 is 1.63 bits per heavy atom. The predicted octanol–water partition coefficient (Wildman–Crippen LogP) is 5.46. The van der Waals surface area contributed by atoms with Crippen LogP contribution in [-0.4, -0.2) is 17.7 Å². The second-order valence-electron chi connectivity index (χ2n) is 8.11. The van der Waals surface area contributed by atoms with Crippen molar-refractivity contribution in [3.63, 3.8) is 0 Å². The van der Waals surface area contributed by atoms with Crippen LogP contribution in [0.4, 0.5) is 0 Å². The molecule has 0 spiro atoms. The first-order valence-corrected chi connectivity index (χ1v) is 10.5. The number of benzene rings is 1. The molecular formula is C25H32O5. The van der Waals surface area contributed by atoms with Crippen LogP contribution in [0, 0.1) is 5.92 Å². The molecule has 5 nitrogen and oxygen atoms in total. The molecule has 0 unspecified atom stereocenters. The number of carbonyl (C=O) groups excluding carboxylic acids is 3. The first-order valence-electron chi connectivity index (χ1n) is 10.5. The number of rotatable bonds is 8. The van der Waals surface area contributed by atoms with Gasteiger partial charge in [-0.1, -0.05) is 38.0 Å². The maximum Gasteiger partial charge on any atom is 0.308 e. The van der Waals surface area contributed by atoms with Crippen molar-refractivity contribution >= 4 is 17.7 Å². The van der Waals surface area contributed by atoms with Crippen molar-refractivity contribution in [3.8, 4) is 11.5 Å². The molecule has 0 fully saturated rings. The van der Waals surface area contributed by atoms with Crippen LogP contribution in [-0.2, 0) is 20.8 Å². The van der Waals surface area contributed by atoms with Crippen LogP contribution < -0.4 is 9.47 Å². The van der Waals surface area contributed by atoms with E-state index < -0.39 is 11.9 Å². The predicted molar refractivity (Wildman–Crippen MR) is 117 cm³/mol. The summed E-state index contributed by atoms with van der Waals surface area (Å²) in [5.41, 5.74) is 3.05. The normalized spacial score (nSPS) is 18.6. The van der Waals surface area contributed by atoms with E-state index in [9.17, 15) is 14.4 Å². The first-order chi connectivity index (χ1) is 14.1. The molecule has 2 atom stereocenters. The molecule has 0 heterocycles. The molecule has 0 saturated carbocycles. The number of aryl methyl sites for hydroxylation is 1. The maximum absolute atomic E-state index is 12.3. The van der Waals surface area contributed by atoms with Gasteiger partial charge in [0, 0.05) is 31.7 Å². The Kier molecular flexibility index (Phi) is 8.16. The van der Waals surface area contributed by atoms with Crippen LogP contribution in [0.1, 0.15) is 77.3 Å². The molecule has 2 rings (SSSR count). The summed E-state index contributed by atoms with van der Waals surface area (Å²) >= 11 is 0. The van der Waals surface area contributed by atoms with Gasteiger partial charge >= 0.3 is 11.9 Å². The smallest absolute Gasteiger partial charge is 0.308 e. The second-order valence-corrected chi connectivity index (χ2v) is 8.11. The summed E-state index contributed by atoms with van der Waals surface area (Å²) in [5.74, 6) is -0.530. The van der Waals surface area contributed by atoms with Crippen LogP contribution in [0.3, 0.4) is 0 Å². The van der Waals surface area contributed by atoms with Gasteiger partial charge in [0.2, 0.25) is 0 Å². The number of ketones is 1. The number of hydrogen-bond acceptors (Lipinski definition) is 5. The van der Waals surface area contributed by atoms with Gasteiger partial charge in [-0.3, -0.25) is 14.4 Å². The van der Waals surface area contributed by atoms with Crippen LogP contribution in [0.25, 0.3) is 0 Å². The Bertz CT molecular complexity index is 841. The van der Waals surface area contributed by atoms with E-state index in [2.05, 4.69) is 13.5 Å². The molecule has 0 radical (unpaired) electrons. The van der Waals surface area contributed by atoms with E-state index in [-0.39, 0.29) is 17.6 Å². The number of allylic oxidation sites excluding steroid dienone is 3. The third-order valence-electron chi connectivity index (χ3n) is 5.41. The average molecular weight is 413 g/mol. The topological polar surface area (TPSA) is 69.7 Å². The first kappa shape index (κ1) is 23.6. The summed E-state index contributed by atoms with van der Waals surface area (Å²) in [6.45, 7) is 12.6. The third-order valence-corrected chi connectivity index (χ3v) is 5.41. The number of hydrogen-bond donors (Lipinski definition) is 0. The molecule has 162 valence electrons. The van der Waals surface area contributed by atoms with Crippen molar-refractivity contribution in [2.45, 2.75) is 72.6 Å². The van der Waals surface area contributed by atoms with Gasteiger partial charge in [0.15, 0.2) is 5.78 Å². The SMILES string of the molecule is C=C(C)[C@@H]1CC(=O)C(C)=C[C@H]1c1c(OC(C)=O)cc(CCCCC)cc1OC(C)=O. The highest BCUT2D eigenvalue weighted by Crippen LogP contribution is 2.46. The van der Waals surface area contributed by atoms with E-state index in [1.165, 1.54) is 13.8 Å². The molecule has 30 heavy (non-hydrogen) atoms. The molecule has 1 aromatic carbocycles. The van der Waals surface area contributed by atoms with Gasteiger partial charge in [-0.2, -0.15) is 0 Å². The number of Topliss-reactive ketones (excluding diaryl/α,β-unsaturated/α-hetero) is 1. The molecule has 0 amide bonds. The van der Waals surface area contributed by atoms with E-state index in [1.807, 2.05) is 25.1 Å². The molecule has 0 aromatic heterocycles. The summed E-state index contributed by atoms with van der Waals surface area (Å²) in [6.07, 6.45) is 6.14. The zero-order chi connectivity index (χ0) is 22.4. The van der Waals surface area contributed by atoms with Crippen LogP contribution in [0.2, 0.25) is 0 Å². The van der Waals surface area contributed by atoms with E-state index >= 15 is 0 Å². The lowest BCUT2D eigenvalue weighted by atomic mass is 9.73. The van der Waals surface area contributed by atoms with Crippen molar-refractivity contribution in [1.82, 2.24) is 0 Å². The molecule has 1 aliphatic rings. The lowest BCUT2D eigenvalue weighted by Crippen LogP contribution is -2.24. The van der Waals surface area contributed by atoms with Crippen molar-refractivity contribution < 1.29 is 23.9 Å². The van der Waals surface area contributed by atoms with Gasteiger partial charge in [-0.05, 0) is 55.9 Å². The Balaban J connectivity index is 2.69. The van der Waals surface area contributed by atoms with Crippen molar-refractivity contribution in [3.05, 3.63) is 47.1 Å². The van der Waals surface area contributed by atoms with E-state index in [4.69, 9.17) is 9.47 Å². The van der Waals surface area contributed by atoms with Crippen LogP contribution >= 0.6 is 0 Å². The van der Waals surface area contributed by atoms with Gasteiger partial charge in [0.1, 0.15) is 11.5 Å². The van der Waals surface area contributed by atoms with Crippen molar-refractivity contribution in [2.75, 3.05) is 0 Å². The summed E-state index contributed by atoms with van der Waals surface area (Å²) in [7, 11) is 0. The van der Waals surface area contributed by atoms with Gasteiger partial charge in [0.05, 0.1) is 0 Å². The van der Waals surface area contributed by atoms with Crippen LogP contribution in [0.15, 0.2) is 35.9 Å². The Morgan fingerprint density at radius 1 is 1.07 bits per heavy atom. The Labute approximate surface area is 179 Å². The Hall–Kier alpha value is -2.69. The maximum atomic E-state index is 12.3. The van der Waals surface area contributed by atoms with Gasteiger partial charge in [-0.15, -0.1) is 0 Å². The molecule has 5 heteroatoms. The minimum atomic E-state index is -0.449. The lowest BCUT2D eigenvalue weighted by Gasteiger charge is -2.31. The van der Waals surface area contributed by atoms with Gasteiger partial charge < -0.3 is 9.47 Å². The number of esters is 2. The van der Waals surface area contributed by atoms with E-state index in [1.54, 1.807) is 6.92 Å². The standard InChI is InChI=1S/C25H32O5/c1-7-8-9-10-19-12-23(29-17(5)26)25(24(13-19)30-18(6)27)21-11-16(4)22(28)14-20(21)15(2)3/h11-13,20-21H,2,7-10,14H2,1,3-6H3/t20-,21+/m0/s1. The van der Waals surface area contributed by atoms with Crippen molar-refractivity contribution in [2.24, 2.45) is 5.92 Å². The summed E-state index contributed by atoms with van der Waals surface area (Å²) < 4.78 is 11.2. The molecule has 0 bridgehead atoms. The van der Waals surface area contributed by atoms with Gasteiger partial charge in [-0.25, -0.2) is 0 Å². The second kappa shape index (κ2) is 10.4. The fraction of sp³-hybridized carbons (Fsp3) is 0.480. The fourth-order valence-electron chi connectivity index (χ4n) is 3.92. The number of carbonyl (C=O) groups is 3. The minimum Gasteiger partial charge on any atom is -0.426 e. The summed E-state index contributed by atoms with van der Waals surface area (Å²) in [4.78, 5) is 36.1. The van der Waals surface area contributed by atoms with E-state index in [0.717, 1.165) is 36.8 Å². The molecule has 1 aliphatic carbocycles. The van der Waals surface area contributed by atoms with E-state index in [0.29, 0.717) is 29.1 Å². The molecule has 0 N–H and O–H groups in total. The van der Waals surface area contributed by atoms with Crippen LogP contribution in [0.5, 0.6) is 11.5 Å². The number of ether oxygens (including phenoxy) is 2. The summed E-state index contributed by atoms with van der Waals surface area (Å²) in [5, 5.41) is 0. The van der Waals surface area contributed by atoms with Crippen molar-refractivity contribution in [1.29, 1.82) is 0 Å². The fourth-order valence-corrected chi connectivity index (χ4v) is 3.92. The molecule has 1 aromatic rings.